The molecule has 0 fully saturated rings. The SMILES string of the molecule is O=C(/C=C/c1ccco1)NC(=S)Nc1cccc2c1C(=O)N(c1ccccc1)C2=O. The van der Waals surface area contributed by atoms with Gasteiger partial charge in [0.15, 0.2) is 5.11 Å². The molecule has 7 nitrogen and oxygen atoms in total. The second-order valence-corrected chi connectivity index (χ2v) is 6.71. The Labute approximate surface area is 177 Å². The zero-order chi connectivity index (χ0) is 21.1. The van der Waals surface area contributed by atoms with Crippen LogP contribution in [0.3, 0.4) is 0 Å². The van der Waals surface area contributed by atoms with Gasteiger partial charge in [-0.3, -0.25) is 19.7 Å². The number of carbonyl (C=O) groups excluding carboxylic acids is 3. The number of nitrogens with zero attached hydrogens (tertiary/aromatic N) is 1. The zero-order valence-electron chi connectivity index (χ0n) is 15.5. The number of fused-ring (bicyclic) bond motifs is 1. The predicted molar refractivity (Wildman–Crippen MR) is 116 cm³/mol. The molecule has 0 bridgehead atoms. The molecule has 3 amide bonds. The van der Waals surface area contributed by atoms with Crippen LogP contribution in [-0.2, 0) is 4.79 Å². The van der Waals surface area contributed by atoms with Crippen LogP contribution in [0.25, 0.3) is 6.08 Å². The maximum atomic E-state index is 13.0. The van der Waals surface area contributed by atoms with Crippen LogP contribution in [0.15, 0.2) is 77.4 Å². The first-order valence-electron chi connectivity index (χ1n) is 8.95. The average Bonchev–Trinajstić information content (AvgIpc) is 3.34. The lowest BCUT2D eigenvalue weighted by Gasteiger charge is -2.14. The fraction of sp³-hybridized carbons (Fsp3) is 0. The fourth-order valence-corrected chi connectivity index (χ4v) is 3.26. The Kier molecular flexibility index (Phi) is 5.23. The number of imide groups is 1. The molecule has 148 valence electrons. The Morgan fingerprint density at radius 3 is 2.50 bits per heavy atom. The molecule has 2 aromatic carbocycles. The van der Waals surface area contributed by atoms with Gasteiger partial charge in [-0.1, -0.05) is 24.3 Å². The maximum absolute atomic E-state index is 13.0. The lowest BCUT2D eigenvalue weighted by molar-refractivity contribution is -0.115. The van der Waals surface area contributed by atoms with Crippen LogP contribution in [0.2, 0.25) is 0 Å². The van der Waals surface area contributed by atoms with E-state index in [1.54, 1.807) is 60.7 Å². The first-order valence-corrected chi connectivity index (χ1v) is 9.36. The molecule has 0 radical (unpaired) electrons. The van der Waals surface area contributed by atoms with Crippen molar-refractivity contribution in [2.24, 2.45) is 0 Å². The first-order chi connectivity index (χ1) is 14.5. The molecule has 1 aromatic heterocycles. The van der Waals surface area contributed by atoms with E-state index in [-0.39, 0.29) is 16.2 Å². The highest BCUT2D eigenvalue weighted by Gasteiger charge is 2.38. The van der Waals surface area contributed by atoms with Crippen LogP contribution in [0.1, 0.15) is 26.5 Å². The monoisotopic (exact) mass is 417 g/mol. The molecule has 0 atom stereocenters. The molecular weight excluding hydrogens is 402 g/mol. The highest BCUT2D eigenvalue weighted by Crippen LogP contribution is 2.32. The number of para-hydroxylation sites is 1. The number of carbonyl (C=O) groups is 3. The molecule has 0 aliphatic carbocycles. The van der Waals surface area contributed by atoms with E-state index in [2.05, 4.69) is 10.6 Å². The van der Waals surface area contributed by atoms with Gasteiger partial charge in [-0.2, -0.15) is 0 Å². The number of hydrogen-bond donors (Lipinski definition) is 2. The van der Waals surface area contributed by atoms with Gasteiger partial charge >= 0.3 is 0 Å². The summed E-state index contributed by atoms with van der Waals surface area (Å²) in [6.45, 7) is 0. The normalized spacial score (nSPS) is 12.9. The molecule has 2 heterocycles. The molecule has 1 aliphatic rings. The summed E-state index contributed by atoms with van der Waals surface area (Å²) in [5, 5.41) is 5.32. The minimum absolute atomic E-state index is 0.00379. The highest BCUT2D eigenvalue weighted by molar-refractivity contribution is 7.80. The van der Waals surface area contributed by atoms with Crippen LogP contribution in [0.5, 0.6) is 0 Å². The first kappa shape index (κ1) is 19.3. The number of rotatable bonds is 4. The van der Waals surface area contributed by atoms with Crippen molar-refractivity contribution in [3.63, 3.8) is 0 Å². The topological polar surface area (TPSA) is 91.7 Å². The summed E-state index contributed by atoms with van der Waals surface area (Å²) in [5.41, 5.74) is 1.29. The van der Waals surface area contributed by atoms with Crippen LogP contribution >= 0.6 is 12.2 Å². The van der Waals surface area contributed by atoms with E-state index in [4.69, 9.17) is 16.6 Å². The Morgan fingerprint density at radius 1 is 0.967 bits per heavy atom. The van der Waals surface area contributed by atoms with Crippen LogP contribution in [0.4, 0.5) is 11.4 Å². The van der Waals surface area contributed by atoms with Gasteiger partial charge in [-0.25, -0.2) is 4.90 Å². The van der Waals surface area contributed by atoms with Gasteiger partial charge < -0.3 is 9.73 Å². The number of hydrogen-bond acceptors (Lipinski definition) is 5. The van der Waals surface area contributed by atoms with E-state index in [0.717, 1.165) is 4.90 Å². The van der Waals surface area contributed by atoms with Crippen molar-refractivity contribution in [3.8, 4) is 0 Å². The van der Waals surface area contributed by atoms with Crippen molar-refractivity contribution in [1.82, 2.24) is 5.32 Å². The molecule has 4 rings (SSSR count). The molecule has 8 heteroatoms. The third-order valence-electron chi connectivity index (χ3n) is 4.36. The fourth-order valence-electron chi connectivity index (χ4n) is 3.05. The van der Waals surface area contributed by atoms with Gasteiger partial charge in [-0.15, -0.1) is 0 Å². The highest BCUT2D eigenvalue weighted by atomic mass is 32.1. The number of nitrogens with one attached hydrogen (secondary N) is 2. The van der Waals surface area contributed by atoms with E-state index in [9.17, 15) is 14.4 Å². The molecule has 0 unspecified atom stereocenters. The molecule has 0 saturated carbocycles. The molecular formula is C22H15N3O4S. The van der Waals surface area contributed by atoms with E-state index in [1.165, 1.54) is 18.4 Å². The summed E-state index contributed by atoms with van der Waals surface area (Å²) < 4.78 is 5.11. The number of benzene rings is 2. The summed E-state index contributed by atoms with van der Waals surface area (Å²) in [4.78, 5) is 38.9. The number of furan rings is 1. The standard InChI is InChI=1S/C22H15N3O4S/c26-18(12-11-15-8-5-13-29-15)24-22(30)23-17-10-4-9-16-19(17)21(28)25(20(16)27)14-6-2-1-3-7-14/h1-13H,(H2,23,24,26,30)/b12-11+. The van der Waals surface area contributed by atoms with Crippen LogP contribution < -0.4 is 15.5 Å². The van der Waals surface area contributed by atoms with Gasteiger partial charge in [0, 0.05) is 6.08 Å². The van der Waals surface area contributed by atoms with E-state index < -0.39 is 17.7 Å². The van der Waals surface area contributed by atoms with Crippen molar-refractivity contribution >= 4 is 52.5 Å². The Morgan fingerprint density at radius 2 is 1.77 bits per heavy atom. The van der Waals surface area contributed by atoms with Gasteiger partial charge in [0.2, 0.25) is 5.91 Å². The van der Waals surface area contributed by atoms with Crippen LogP contribution in [-0.4, -0.2) is 22.8 Å². The van der Waals surface area contributed by atoms with E-state index in [1.807, 2.05) is 0 Å². The van der Waals surface area contributed by atoms with Crippen molar-refractivity contribution in [3.05, 3.63) is 89.9 Å². The Balaban J connectivity index is 1.51. The lowest BCUT2D eigenvalue weighted by Crippen LogP contribution is -2.33. The van der Waals surface area contributed by atoms with Gasteiger partial charge in [0.1, 0.15) is 5.76 Å². The molecule has 0 spiro atoms. The molecule has 30 heavy (non-hydrogen) atoms. The molecule has 3 aromatic rings. The van der Waals surface area contributed by atoms with Crippen molar-refractivity contribution < 1.29 is 18.8 Å². The third-order valence-corrected chi connectivity index (χ3v) is 4.56. The van der Waals surface area contributed by atoms with Crippen molar-refractivity contribution in [2.75, 3.05) is 10.2 Å². The summed E-state index contributed by atoms with van der Waals surface area (Å²) in [6, 6.07) is 16.9. The minimum atomic E-state index is -0.468. The number of thiocarbonyl (C=S) groups is 1. The Hall–Kier alpha value is -4.04. The van der Waals surface area contributed by atoms with Crippen molar-refractivity contribution in [2.45, 2.75) is 0 Å². The smallest absolute Gasteiger partial charge is 0.268 e. The largest absolute Gasteiger partial charge is 0.465 e. The van der Waals surface area contributed by atoms with Gasteiger partial charge in [0.05, 0.1) is 28.8 Å². The third kappa shape index (κ3) is 3.76. The molecule has 0 saturated heterocycles. The predicted octanol–water partition coefficient (Wildman–Crippen LogP) is 3.61. The number of anilines is 2. The van der Waals surface area contributed by atoms with Gasteiger partial charge in [0.25, 0.3) is 11.8 Å². The summed E-state index contributed by atoms with van der Waals surface area (Å²) >= 11 is 5.18. The van der Waals surface area contributed by atoms with Gasteiger partial charge in [-0.05, 0) is 54.7 Å². The summed E-state index contributed by atoms with van der Waals surface area (Å²) in [6.07, 6.45) is 4.27. The Bertz CT molecular complexity index is 1170. The zero-order valence-corrected chi connectivity index (χ0v) is 16.3. The quantitative estimate of drug-likeness (QED) is 0.383. The number of amides is 3. The molecule has 2 N–H and O–H groups in total. The second-order valence-electron chi connectivity index (χ2n) is 6.30. The minimum Gasteiger partial charge on any atom is -0.465 e. The summed E-state index contributed by atoms with van der Waals surface area (Å²) in [7, 11) is 0. The molecule has 1 aliphatic heterocycles. The lowest BCUT2D eigenvalue weighted by atomic mass is 10.1. The van der Waals surface area contributed by atoms with Crippen LogP contribution in [0, 0.1) is 0 Å². The van der Waals surface area contributed by atoms with E-state index in [0.29, 0.717) is 17.1 Å². The second kappa shape index (κ2) is 8.14. The average molecular weight is 417 g/mol. The maximum Gasteiger partial charge on any atom is 0.268 e. The van der Waals surface area contributed by atoms with Crippen molar-refractivity contribution in [1.29, 1.82) is 0 Å². The summed E-state index contributed by atoms with van der Waals surface area (Å²) in [5.74, 6) is -0.822. The van der Waals surface area contributed by atoms with E-state index >= 15 is 0 Å².